The number of benzene rings is 1. The lowest BCUT2D eigenvalue weighted by Crippen LogP contribution is -2.47. The molecule has 1 unspecified atom stereocenters. The van der Waals surface area contributed by atoms with Crippen LogP contribution in [0.3, 0.4) is 0 Å². The highest BCUT2D eigenvalue weighted by atomic mass is 16.3. The van der Waals surface area contributed by atoms with E-state index in [2.05, 4.69) is 5.32 Å². The molecule has 0 saturated heterocycles. The van der Waals surface area contributed by atoms with E-state index in [4.69, 9.17) is 10.8 Å². The van der Waals surface area contributed by atoms with Crippen molar-refractivity contribution in [3.8, 4) is 0 Å². The molecule has 19 heavy (non-hydrogen) atoms. The molecular formula is C14H20N2O3. The Bertz CT molecular complexity index is 395. The molecule has 0 aromatic heterocycles. The molecule has 5 heteroatoms. The van der Waals surface area contributed by atoms with Crippen molar-refractivity contribution < 1.29 is 14.7 Å². The Hall–Kier alpha value is -1.72. The first-order chi connectivity index (χ1) is 9.17. The van der Waals surface area contributed by atoms with Crippen LogP contribution in [0.2, 0.25) is 0 Å². The number of carbonyl (C=O) groups excluding carboxylic acids is 2. The molecule has 0 saturated carbocycles. The average molecular weight is 264 g/mol. The molecule has 4 N–H and O–H groups in total. The molecule has 0 radical (unpaired) electrons. The van der Waals surface area contributed by atoms with E-state index in [0.717, 1.165) is 11.8 Å². The fraction of sp³-hybridized carbons (Fsp3) is 0.429. The van der Waals surface area contributed by atoms with Crippen molar-refractivity contribution in [1.29, 1.82) is 0 Å². The molecule has 0 aliphatic rings. The molecular weight excluding hydrogens is 244 g/mol. The lowest BCUT2D eigenvalue weighted by atomic mass is 10.1. The van der Waals surface area contributed by atoms with Crippen LogP contribution in [0, 0.1) is 0 Å². The van der Waals surface area contributed by atoms with Crippen molar-refractivity contribution in [1.82, 2.24) is 5.32 Å². The zero-order valence-electron chi connectivity index (χ0n) is 10.8. The number of hydrogen-bond acceptors (Lipinski definition) is 4. The van der Waals surface area contributed by atoms with E-state index in [1.807, 2.05) is 30.3 Å². The minimum Gasteiger partial charge on any atom is -0.394 e. The number of carbonyl (C=O) groups is 2. The fourth-order valence-corrected chi connectivity index (χ4v) is 1.75. The molecule has 1 aromatic carbocycles. The first-order valence-corrected chi connectivity index (χ1v) is 6.31. The summed E-state index contributed by atoms with van der Waals surface area (Å²) in [5.41, 5.74) is 6.80. The zero-order valence-corrected chi connectivity index (χ0v) is 10.8. The van der Waals surface area contributed by atoms with Crippen LogP contribution in [-0.4, -0.2) is 36.0 Å². The molecule has 5 nitrogen and oxygen atoms in total. The maximum atomic E-state index is 11.8. The summed E-state index contributed by atoms with van der Waals surface area (Å²) < 4.78 is 0. The third kappa shape index (κ3) is 5.63. The van der Waals surface area contributed by atoms with Crippen LogP contribution in [0.1, 0.15) is 18.4 Å². The molecule has 1 amide bonds. The van der Waals surface area contributed by atoms with Crippen LogP contribution in [0.15, 0.2) is 30.3 Å². The van der Waals surface area contributed by atoms with E-state index in [1.54, 1.807) is 0 Å². The predicted molar refractivity (Wildman–Crippen MR) is 72.4 cm³/mol. The number of aliphatic hydroxyl groups excluding tert-OH is 1. The Morgan fingerprint density at radius 1 is 1.37 bits per heavy atom. The number of nitrogens with one attached hydrogen (secondary N) is 1. The van der Waals surface area contributed by atoms with Crippen LogP contribution >= 0.6 is 0 Å². The van der Waals surface area contributed by atoms with Gasteiger partial charge in [0.1, 0.15) is 6.29 Å². The third-order valence-corrected chi connectivity index (χ3v) is 2.83. The maximum Gasteiger partial charge on any atom is 0.237 e. The van der Waals surface area contributed by atoms with Gasteiger partial charge < -0.3 is 21.0 Å². The van der Waals surface area contributed by atoms with Crippen LogP contribution in [-0.2, 0) is 16.0 Å². The van der Waals surface area contributed by atoms with Crippen molar-refractivity contribution in [2.75, 3.05) is 6.61 Å². The maximum absolute atomic E-state index is 11.8. The van der Waals surface area contributed by atoms with Gasteiger partial charge in [0.05, 0.1) is 18.7 Å². The number of nitrogens with two attached hydrogens (primary N) is 1. The first kappa shape index (κ1) is 15.3. The van der Waals surface area contributed by atoms with E-state index in [1.165, 1.54) is 0 Å². The highest BCUT2D eigenvalue weighted by Gasteiger charge is 2.17. The molecule has 2 atom stereocenters. The number of aldehydes is 1. The average Bonchev–Trinajstić information content (AvgIpc) is 2.44. The molecule has 0 aliphatic carbocycles. The smallest absolute Gasteiger partial charge is 0.237 e. The van der Waals surface area contributed by atoms with Crippen molar-refractivity contribution in [3.05, 3.63) is 35.9 Å². The van der Waals surface area contributed by atoms with E-state index in [9.17, 15) is 9.59 Å². The van der Waals surface area contributed by atoms with Gasteiger partial charge in [0.25, 0.3) is 0 Å². The Morgan fingerprint density at radius 2 is 2.05 bits per heavy atom. The van der Waals surface area contributed by atoms with E-state index >= 15 is 0 Å². The highest BCUT2D eigenvalue weighted by molar-refractivity contribution is 5.82. The summed E-state index contributed by atoms with van der Waals surface area (Å²) in [5.74, 6) is -0.311. The minimum atomic E-state index is -0.660. The Kier molecular flexibility index (Phi) is 6.78. The van der Waals surface area contributed by atoms with Gasteiger partial charge in [0.2, 0.25) is 5.91 Å². The summed E-state index contributed by atoms with van der Waals surface area (Å²) in [6.07, 6.45) is 1.93. The molecule has 1 rings (SSSR count). The molecule has 0 bridgehead atoms. The Balaban J connectivity index is 2.45. The number of amides is 1. The topological polar surface area (TPSA) is 92.4 Å². The van der Waals surface area contributed by atoms with Gasteiger partial charge in [-0.15, -0.1) is 0 Å². The largest absolute Gasteiger partial charge is 0.394 e. The van der Waals surface area contributed by atoms with Crippen LogP contribution in [0.25, 0.3) is 0 Å². The summed E-state index contributed by atoms with van der Waals surface area (Å²) in [5, 5.41) is 11.8. The summed E-state index contributed by atoms with van der Waals surface area (Å²) in [6.45, 7) is -0.197. The second kappa shape index (κ2) is 8.39. The van der Waals surface area contributed by atoms with Crippen molar-refractivity contribution in [2.24, 2.45) is 5.73 Å². The zero-order chi connectivity index (χ0) is 14.1. The number of rotatable bonds is 8. The summed E-state index contributed by atoms with van der Waals surface area (Å²) in [7, 11) is 0. The predicted octanol–water partition coefficient (Wildman–Crippen LogP) is 0.0126. The quantitative estimate of drug-likeness (QED) is 0.577. The molecule has 0 heterocycles. The van der Waals surface area contributed by atoms with Gasteiger partial charge in [-0.3, -0.25) is 4.79 Å². The van der Waals surface area contributed by atoms with Gasteiger partial charge in [-0.1, -0.05) is 30.3 Å². The van der Waals surface area contributed by atoms with Gasteiger partial charge in [0.15, 0.2) is 0 Å². The van der Waals surface area contributed by atoms with Gasteiger partial charge >= 0.3 is 0 Å². The molecule has 0 spiro atoms. The summed E-state index contributed by atoms with van der Waals surface area (Å²) >= 11 is 0. The molecule has 104 valence electrons. The van der Waals surface area contributed by atoms with Gasteiger partial charge in [-0.25, -0.2) is 0 Å². The monoisotopic (exact) mass is 264 g/mol. The Labute approximate surface area is 112 Å². The molecule has 1 aromatic rings. The van der Waals surface area contributed by atoms with Crippen molar-refractivity contribution >= 4 is 12.2 Å². The van der Waals surface area contributed by atoms with E-state index < -0.39 is 12.1 Å². The van der Waals surface area contributed by atoms with Crippen molar-refractivity contribution in [2.45, 2.75) is 31.3 Å². The summed E-state index contributed by atoms with van der Waals surface area (Å²) in [6, 6.07) is 8.41. The SMILES string of the molecule is N[C@H](Cc1ccccc1)C(=O)NC(CO)CCC=O. The van der Waals surface area contributed by atoms with Gasteiger partial charge in [0, 0.05) is 6.42 Å². The Morgan fingerprint density at radius 3 is 2.63 bits per heavy atom. The molecule has 0 aliphatic heterocycles. The lowest BCUT2D eigenvalue weighted by Gasteiger charge is -2.18. The normalized spacial score (nSPS) is 13.6. The van der Waals surface area contributed by atoms with Gasteiger partial charge in [-0.05, 0) is 18.4 Å². The first-order valence-electron chi connectivity index (χ1n) is 6.31. The standard InChI is InChI=1S/C14H20N2O3/c15-13(9-11-5-2-1-3-6-11)14(19)16-12(10-18)7-4-8-17/h1-3,5-6,8,12-13,18H,4,7,9-10,15H2,(H,16,19)/t12?,13-/m1/s1. The van der Waals surface area contributed by atoms with Crippen LogP contribution in [0.4, 0.5) is 0 Å². The van der Waals surface area contributed by atoms with E-state index in [0.29, 0.717) is 19.3 Å². The minimum absolute atomic E-state index is 0.197. The lowest BCUT2D eigenvalue weighted by molar-refractivity contribution is -0.123. The fourth-order valence-electron chi connectivity index (χ4n) is 1.75. The van der Waals surface area contributed by atoms with Gasteiger partial charge in [-0.2, -0.15) is 0 Å². The number of hydrogen-bond donors (Lipinski definition) is 3. The molecule has 0 fully saturated rings. The van der Waals surface area contributed by atoms with Crippen LogP contribution < -0.4 is 11.1 Å². The second-order valence-corrected chi connectivity index (χ2v) is 4.43. The number of aliphatic hydroxyl groups is 1. The third-order valence-electron chi connectivity index (χ3n) is 2.83. The summed E-state index contributed by atoms with van der Waals surface area (Å²) in [4.78, 5) is 22.1. The van der Waals surface area contributed by atoms with Crippen molar-refractivity contribution in [3.63, 3.8) is 0 Å². The highest BCUT2D eigenvalue weighted by Crippen LogP contribution is 2.03. The van der Waals surface area contributed by atoms with Crippen LogP contribution in [0.5, 0.6) is 0 Å². The van der Waals surface area contributed by atoms with E-state index in [-0.39, 0.29) is 12.5 Å². The second-order valence-electron chi connectivity index (χ2n) is 4.43.